The van der Waals surface area contributed by atoms with Gasteiger partial charge >= 0.3 is 0 Å². The summed E-state index contributed by atoms with van der Waals surface area (Å²) in [6.45, 7) is 1.11. The second-order valence-corrected chi connectivity index (χ2v) is 3.79. The van der Waals surface area contributed by atoms with Crippen molar-refractivity contribution in [1.82, 2.24) is 15.3 Å². The van der Waals surface area contributed by atoms with Crippen LogP contribution in [0.25, 0.3) is 11.0 Å². The highest BCUT2D eigenvalue weighted by Crippen LogP contribution is 2.22. The lowest BCUT2D eigenvalue weighted by atomic mass is 10.2. The molecule has 3 rings (SSSR count). The summed E-state index contributed by atoms with van der Waals surface area (Å²) in [4.78, 5) is 7.94. The van der Waals surface area contributed by atoms with Gasteiger partial charge in [-0.2, -0.15) is 0 Å². The Morgan fingerprint density at radius 3 is 2.69 bits per heavy atom. The van der Waals surface area contributed by atoms with Crippen LogP contribution >= 0.6 is 24.8 Å². The number of aromatic nitrogens is 2. The fraction of sp³-hybridized carbons (Fsp3) is 0.364. The fourth-order valence-corrected chi connectivity index (χ4v) is 2.06. The minimum Gasteiger partial charge on any atom is -0.341 e. The number of rotatable bonds is 1. The first-order chi connectivity index (χ1) is 6.93. The number of nitrogens with zero attached hydrogens (tertiary/aromatic N) is 1. The van der Waals surface area contributed by atoms with Crippen LogP contribution in [-0.2, 0) is 0 Å². The van der Waals surface area contributed by atoms with E-state index in [2.05, 4.69) is 21.4 Å². The number of imidazole rings is 1. The number of benzene rings is 1. The smallest absolute Gasteiger partial charge is 0.124 e. The zero-order valence-corrected chi connectivity index (χ0v) is 10.4. The Balaban J connectivity index is 0.000000640. The molecule has 1 fully saturated rings. The van der Waals surface area contributed by atoms with Gasteiger partial charge in [-0.15, -0.1) is 24.8 Å². The van der Waals surface area contributed by atoms with Gasteiger partial charge in [-0.1, -0.05) is 12.1 Å². The van der Waals surface area contributed by atoms with Gasteiger partial charge in [0, 0.05) is 0 Å². The van der Waals surface area contributed by atoms with E-state index in [1.807, 2.05) is 18.2 Å². The molecule has 0 spiro atoms. The number of para-hydroxylation sites is 2. The number of nitrogens with one attached hydrogen (secondary N) is 2. The lowest BCUT2D eigenvalue weighted by molar-refractivity contribution is 0.614. The molecular weight excluding hydrogens is 245 g/mol. The molecule has 5 heteroatoms. The Bertz CT molecular complexity index is 416. The maximum Gasteiger partial charge on any atom is 0.124 e. The van der Waals surface area contributed by atoms with E-state index in [0.29, 0.717) is 6.04 Å². The van der Waals surface area contributed by atoms with E-state index in [4.69, 9.17) is 0 Å². The maximum atomic E-state index is 4.58. The minimum absolute atomic E-state index is 0. The molecule has 0 amide bonds. The third kappa shape index (κ3) is 2.32. The Morgan fingerprint density at radius 1 is 1.19 bits per heavy atom. The first-order valence-electron chi connectivity index (χ1n) is 5.11. The molecule has 1 saturated heterocycles. The molecule has 1 unspecified atom stereocenters. The van der Waals surface area contributed by atoms with Crippen LogP contribution in [0.2, 0.25) is 0 Å². The molecule has 88 valence electrons. The lowest BCUT2D eigenvalue weighted by Gasteiger charge is -2.04. The number of halogens is 2. The van der Waals surface area contributed by atoms with Crippen molar-refractivity contribution in [1.29, 1.82) is 0 Å². The Kier molecular flexibility index (Phi) is 4.59. The summed E-state index contributed by atoms with van der Waals surface area (Å²) in [7, 11) is 0. The van der Waals surface area contributed by atoms with E-state index in [1.165, 1.54) is 12.8 Å². The van der Waals surface area contributed by atoms with E-state index in [9.17, 15) is 0 Å². The predicted molar refractivity (Wildman–Crippen MR) is 70.6 cm³/mol. The molecule has 2 aromatic rings. The molecular formula is C11H15Cl2N3. The maximum absolute atomic E-state index is 4.58. The van der Waals surface area contributed by atoms with Crippen molar-refractivity contribution < 1.29 is 0 Å². The average Bonchev–Trinajstić information content (AvgIpc) is 2.86. The van der Waals surface area contributed by atoms with Gasteiger partial charge in [0.05, 0.1) is 17.1 Å². The Labute approximate surface area is 107 Å². The normalized spacial score (nSPS) is 19.1. The highest BCUT2D eigenvalue weighted by molar-refractivity contribution is 5.85. The molecule has 1 aromatic carbocycles. The molecule has 3 nitrogen and oxygen atoms in total. The van der Waals surface area contributed by atoms with Gasteiger partial charge in [-0.25, -0.2) is 4.98 Å². The molecule has 16 heavy (non-hydrogen) atoms. The zero-order valence-electron chi connectivity index (χ0n) is 8.77. The van der Waals surface area contributed by atoms with E-state index in [0.717, 1.165) is 23.4 Å². The number of hydrogen-bond acceptors (Lipinski definition) is 2. The van der Waals surface area contributed by atoms with E-state index in [1.54, 1.807) is 0 Å². The highest BCUT2D eigenvalue weighted by atomic mass is 35.5. The van der Waals surface area contributed by atoms with Gasteiger partial charge in [0.25, 0.3) is 0 Å². The number of hydrogen-bond donors (Lipinski definition) is 2. The van der Waals surface area contributed by atoms with Gasteiger partial charge in [0.1, 0.15) is 5.82 Å². The van der Waals surface area contributed by atoms with Crippen molar-refractivity contribution in [3.05, 3.63) is 30.1 Å². The number of fused-ring (bicyclic) bond motifs is 1. The summed E-state index contributed by atoms with van der Waals surface area (Å²) in [5.74, 6) is 1.09. The zero-order chi connectivity index (χ0) is 9.38. The summed E-state index contributed by atoms with van der Waals surface area (Å²) in [5.41, 5.74) is 2.20. The van der Waals surface area contributed by atoms with Gasteiger partial charge in [-0.05, 0) is 31.5 Å². The van der Waals surface area contributed by atoms with E-state index >= 15 is 0 Å². The molecule has 0 saturated carbocycles. The second-order valence-electron chi connectivity index (χ2n) is 3.79. The van der Waals surface area contributed by atoms with Crippen LogP contribution in [0.15, 0.2) is 24.3 Å². The van der Waals surface area contributed by atoms with Crippen molar-refractivity contribution in [3.8, 4) is 0 Å². The molecule has 2 heterocycles. The first-order valence-corrected chi connectivity index (χ1v) is 5.11. The molecule has 1 aliphatic heterocycles. The van der Waals surface area contributed by atoms with Crippen LogP contribution in [-0.4, -0.2) is 16.5 Å². The standard InChI is InChI=1S/C11H13N3.2ClH/c1-2-5-9-8(4-1)13-11(14-9)10-6-3-7-12-10;;/h1-2,4-5,10,12H,3,6-7H2,(H,13,14);2*1H. The fourth-order valence-electron chi connectivity index (χ4n) is 2.06. The highest BCUT2D eigenvalue weighted by Gasteiger charge is 2.18. The topological polar surface area (TPSA) is 40.7 Å². The van der Waals surface area contributed by atoms with Crippen LogP contribution in [0.5, 0.6) is 0 Å². The first kappa shape index (κ1) is 13.3. The van der Waals surface area contributed by atoms with Gasteiger partial charge < -0.3 is 10.3 Å². The van der Waals surface area contributed by atoms with Crippen LogP contribution in [0.3, 0.4) is 0 Å². The third-order valence-corrected chi connectivity index (χ3v) is 2.80. The van der Waals surface area contributed by atoms with Crippen molar-refractivity contribution in [2.75, 3.05) is 6.54 Å². The molecule has 1 atom stereocenters. The van der Waals surface area contributed by atoms with Gasteiger partial charge in [-0.3, -0.25) is 0 Å². The minimum atomic E-state index is 0. The van der Waals surface area contributed by atoms with Gasteiger partial charge in [0.2, 0.25) is 0 Å². The lowest BCUT2D eigenvalue weighted by Crippen LogP contribution is -2.13. The van der Waals surface area contributed by atoms with Crippen LogP contribution in [0.4, 0.5) is 0 Å². The summed E-state index contributed by atoms with van der Waals surface area (Å²) in [5, 5.41) is 3.44. The van der Waals surface area contributed by atoms with E-state index in [-0.39, 0.29) is 24.8 Å². The van der Waals surface area contributed by atoms with Crippen LogP contribution in [0, 0.1) is 0 Å². The Hall–Kier alpha value is -0.770. The molecule has 0 bridgehead atoms. The molecule has 1 aromatic heterocycles. The van der Waals surface area contributed by atoms with Crippen LogP contribution < -0.4 is 5.32 Å². The molecule has 0 aliphatic carbocycles. The molecule has 1 aliphatic rings. The molecule has 2 N–H and O–H groups in total. The second kappa shape index (κ2) is 5.53. The number of aromatic amines is 1. The van der Waals surface area contributed by atoms with Crippen molar-refractivity contribution in [2.24, 2.45) is 0 Å². The number of H-pyrrole nitrogens is 1. The van der Waals surface area contributed by atoms with Crippen molar-refractivity contribution in [3.63, 3.8) is 0 Å². The summed E-state index contributed by atoms with van der Waals surface area (Å²) < 4.78 is 0. The van der Waals surface area contributed by atoms with Gasteiger partial charge in [0.15, 0.2) is 0 Å². The Morgan fingerprint density at radius 2 is 2.00 bits per heavy atom. The third-order valence-electron chi connectivity index (χ3n) is 2.80. The predicted octanol–water partition coefficient (Wildman–Crippen LogP) is 2.83. The van der Waals surface area contributed by atoms with Crippen molar-refractivity contribution >= 4 is 35.8 Å². The quantitative estimate of drug-likeness (QED) is 0.827. The van der Waals surface area contributed by atoms with E-state index < -0.39 is 0 Å². The SMILES string of the molecule is Cl.Cl.c1ccc2[nH]c(C3CCCN3)nc2c1. The summed E-state index contributed by atoms with van der Waals surface area (Å²) in [6, 6.07) is 8.61. The average molecular weight is 260 g/mol. The summed E-state index contributed by atoms with van der Waals surface area (Å²) in [6.07, 6.45) is 2.45. The van der Waals surface area contributed by atoms with Crippen molar-refractivity contribution in [2.45, 2.75) is 18.9 Å². The molecule has 0 radical (unpaired) electrons. The monoisotopic (exact) mass is 259 g/mol. The largest absolute Gasteiger partial charge is 0.341 e. The van der Waals surface area contributed by atoms with Crippen LogP contribution in [0.1, 0.15) is 24.7 Å². The summed E-state index contributed by atoms with van der Waals surface area (Å²) >= 11 is 0.